The summed E-state index contributed by atoms with van der Waals surface area (Å²) in [5, 5.41) is 35.5. The predicted octanol–water partition coefficient (Wildman–Crippen LogP) is 7.33. The lowest BCUT2D eigenvalue weighted by atomic mass is 9.94. The Labute approximate surface area is 276 Å². The highest BCUT2D eigenvalue weighted by molar-refractivity contribution is 6.29. The molecule has 0 unspecified atom stereocenters. The summed E-state index contributed by atoms with van der Waals surface area (Å²) in [5.74, 6) is -0.862. The molecule has 0 spiro atoms. The summed E-state index contributed by atoms with van der Waals surface area (Å²) in [4.78, 5) is 50.0. The van der Waals surface area contributed by atoms with E-state index in [1.54, 1.807) is 50.2 Å². The number of hydrogen-bond donors (Lipinski definition) is 3. The molecule has 0 bridgehead atoms. The molecule has 0 saturated heterocycles. The van der Waals surface area contributed by atoms with E-state index in [-0.39, 0.29) is 61.0 Å². The number of benzene rings is 6. The Balaban J connectivity index is 0.000000135. The van der Waals surface area contributed by atoms with Crippen molar-refractivity contribution < 1.29 is 33.0 Å². The van der Waals surface area contributed by atoms with Gasteiger partial charge in [0.15, 0.2) is 11.0 Å². The van der Waals surface area contributed by atoms with E-state index in [9.17, 15) is 34.5 Å². The highest BCUT2D eigenvalue weighted by Gasteiger charge is 2.26. The summed E-state index contributed by atoms with van der Waals surface area (Å²) in [6.45, 7) is 5.44. The van der Waals surface area contributed by atoms with Gasteiger partial charge in [-0.2, -0.15) is 0 Å². The molecule has 0 aliphatic rings. The lowest BCUT2D eigenvalue weighted by Gasteiger charge is -2.14. The van der Waals surface area contributed by atoms with Crippen LogP contribution >= 0.6 is 0 Å². The highest BCUT2D eigenvalue weighted by atomic mass is 16.5. The van der Waals surface area contributed by atoms with E-state index >= 15 is 0 Å². The molecule has 0 atom stereocenters. The third kappa shape index (κ3) is 3.63. The molecular formula is C39H22O11. The van der Waals surface area contributed by atoms with Crippen LogP contribution in [0.15, 0.2) is 97.5 Å². The van der Waals surface area contributed by atoms with Crippen molar-refractivity contribution in [2.24, 2.45) is 0 Å². The Morgan fingerprint density at radius 3 is 1.52 bits per heavy atom. The molecule has 50 heavy (non-hydrogen) atoms. The molecule has 4 heterocycles. The zero-order chi connectivity index (χ0) is 34.9. The zero-order valence-electron chi connectivity index (χ0n) is 26.4. The summed E-state index contributed by atoms with van der Waals surface area (Å²) in [6.07, 6.45) is 0. The first-order chi connectivity index (χ1) is 24.0. The fourth-order valence-corrected chi connectivity index (χ4v) is 7.36. The van der Waals surface area contributed by atoms with Gasteiger partial charge in [0.2, 0.25) is 0 Å². The molecule has 11 heteroatoms. The number of phenols is 2. The van der Waals surface area contributed by atoms with Crippen LogP contribution in [0.25, 0.3) is 87.0 Å². The van der Waals surface area contributed by atoms with Crippen molar-refractivity contribution in [3.8, 4) is 17.4 Å². The monoisotopic (exact) mass is 666 g/mol. The molecule has 244 valence electrons. The first kappa shape index (κ1) is 29.3. The smallest absolute Gasteiger partial charge is 0.348 e. The quantitative estimate of drug-likeness (QED) is 0.0837. The summed E-state index contributed by atoms with van der Waals surface area (Å²) >= 11 is 0. The van der Waals surface area contributed by atoms with Crippen molar-refractivity contribution in [1.29, 1.82) is 0 Å². The van der Waals surface area contributed by atoms with Crippen LogP contribution in [0.5, 0.6) is 17.4 Å². The second-order valence-corrected chi connectivity index (χ2v) is 12.4. The van der Waals surface area contributed by atoms with E-state index in [0.717, 1.165) is 11.1 Å². The van der Waals surface area contributed by atoms with Crippen molar-refractivity contribution in [3.63, 3.8) is 0 Å². The molecule has 4 aromatic heterocycles. The maximum absolute atomic E-state index is 12.7. The molecule has 0 aliphatic heterocycles. The Kier molecular flexibility index (Phi) is 5.75. The van der Waals surface area contributed by atoms with E-state index in [2.05, 4.69) is 0 Å². The molecule has 0 aliphatic carbocycles. The third-order valence-corrected chi connectivity index (χ3v) is 9.57. The number of rotatable bonds is 0. The van der Waals surface area contributed by atoms with Gasteiger partial charge >= 0.3 is 16.9 Å². The van der Waals surface area contributed by atoms with Gasteiger partial charge < -0.3 is 33.0 Å². The Morgan fingerprint density at radius 2 is 0.900 bits per heavy atom. The minimum Gasteiger partial charge on any atom is -0.506 e. The molecule has 0 fully saturated rings. The summed E-state index contributed by atoms with van der Waals surface area (Å²) in [7, 11) is 0. The summed E-state index contributed by atoms with van der Waals surface area (Å²) in [6, 6.07) is 16.3. The van der Waals surface area contributed by atoms with Crippen LogP contribution < -0.4 is 22.3 Å². The van der Waals surface area contributed by atoms with Gasteiger partial charge in [0.25, 0.3) is 5.95 Å². The fraction of sp³-hybridized carbons (Fsp3) is 0.0769. The van der Waals surface area contributed by atoms with Crippen LogP contribution in [0.4, 0.5) is 0 Å². The zero-order valence-corrected chi connectivity index (χ0v) is 26.4. The summed E-state index contributed by atoms with van der Waals surface area (Å²) in [5.41, 5.74) is 0.939. The Bertz CT molecular complexity index is 3340. The Morgan fingerprint density at radius 1 is 0.420 bits per heavy atom. The third-order valence-electron chi connectivity index (χ3n) is 9.57. The molecule has 0 radical (unpaired) electrons. The lowest BCUT2D eigenvalue weighted by Crippen LogP contribution is -2.08. The van der Waals surface area contributed by atoms with E-state index in [1.807, 2.05) is 13.0 Å². The van der Waals surface area contributed by atoms with Crippen LogP contribution in [0.1, 0.15) is 16.7 Å². The molecule has 10 rings (SSSR count). The van der Waals surface area contributed by atoms with Gasteiger partial charge in [-0.05, 0) is 55.7 Å². The second kappa shape index (κ2) is 9.83. The average Bonchev–Trinajstić information content (AvgIpc) is 3.08. The van der Waals surface area contributed by atoms with Gasteiger partial charge in [-0.1, -0.05) is 42.5 Å². The maximum atomic E-state index is 12.7. The van der Waals surface area contributed by atoms with E-state index in [0.29, 0.717) is 54.4 Å². The van der Waals surface area contributed by atoms with E-state index in [1.165, 1.54) is 18.2 Å². The van der Waals surface area contributed by atoms with Crippen molar-refractivity contribution in [1.82, 2.24) is 0 Å². The van der Waals surface area contributed by atoms with Crippen molar-refractivity contribution in [2.45, 2.75) is 20.8 Å². The van der Waals surface area contributed by atoms with Crippen molar-refractivity contribution in [2.75, 3.05) is 0 Å². The van der Waals surface area contributed by atoms with E-state index < -0.39 is 16.9 Å². The fourth-order valence-electron chi connectivity index (χ4n) is 7.36. The molecule has 0 amide bonds. The summed E-state index contributed by atoms with van der Waals surface area (Å²) < 4.78 is 21.9. The topological polar surface area (TPSA) is 182 Å². The van der Waals surface area contributed by atoms with E-state index in [4.69, 9.17) is 17.7 Å². The van der Waals surface area contributed by atoms with Gasteiger partial charge in [0, 0.05) is 37.7 Å². The van der Waals surface area contributed by atoms with Gasteiger partial charge in [-0.15, -0.1) is 0 Å². The van der Waals surface area contributed by atoms with Gasteiger partial charge in [0.05, 0.1) is 16.2 Å². The number of phenolic OH excluding ortho intramolecular Hbond substituents is 2. The van der Waals surface area contributed by atoms with Crippen molar-refractivity contribution >= 4 is 87.0 Å². The van der Waals surface area contributed by atoms with Crippen LogP contribution in [-0.4, -0.2) is 15.3 Å². The molecule has 3 N–H and O–H groups in total. The number of aromatic hydroxyl groups is 3. The molecule has 10 aromatic rings. The Hall–Kier alpha value is -6.88. The highest BCUT2D eigenvalue weighted by Crippen LogP contribution is 2.45. The number of fused-ring (bicyclic) bond motifs is 4. The standard InChI is InChI=1S/C20H12O5.C19H10O6/c1-8-4-3-5-10-12(8)18-15-14-11(24-20(23)16(15)17(10)21)7-6-9(2)13(14)19(22)25-18;1-7-5-6-10-13-11(7)18(22)25-17-12-8(3-2-4-9(12)20)16(21)15(14(13)17)19(23)24-10/h3-7,21H,1-2H3;2-6,21-22H,1H3. The van der Waals surface area contributed by atoms with Crippen LogP contribution in [0.3, 0.4) is 0 Å². The predicted molar refractivity (Wildman–Crippen MR) is 189 cm³/mol. The number of hydrogen-bond acceptors (Lipinski definition) is 11. The lowest BCUT2D eigenvalue weighted by molar-refractivity contribution is 0.348. The minimum atomic E-state index is -0.737. The molecular weight excluding hydrogens is 644 g/mol. The van der Waals surface area contributed by atoms with Gasteiger partial charge in [-0.3, -0.25) is 4.79 Å². The van der Waals surface area contributed by atoms with Crippen LogP contribution in [0, 0.1) is 20.8 Å². The van der Waals surface area contributed by atoms with Crippen LogP contribution in [-0.2, 0) is 0 Å². The maximum Gasteiger partial charge on any atom is 0.348 e. The largest absolute Gasteiger partial charge is 0.506 e. The molecule has 11 nitrogen and oxygen atoms in total. The van der Waals surface area contributed by atoms with Gasteiger partial charge in [0.1, 0.15) is 39.0 Å². The SMILES string of the molecule is Cc1ccc2oc(=O)c3c(O)c4cccc(=O)c4c4oc(O)c1c2c34.Cc1ccc2oc(=O)c3c(O)c4cccc(C)c4c4oc(=O)c1c2c34. The second-order valence-electron chi connectivity index (χ2n) is 12.4. The minimum absolute atomic E-state index is 0.0416. The van der Waals surface area contributed by atoms with Crippen LogP contribution in [0.2, 0.25) is 0 Å². The number of aryl methyl sites for hydroxylation is 3. The first-order valence-electron chi connectivity index (χ1n) is 15.4. The van der Waals surface area contributed by atoms with Gasteiger partial charge in [-0.25, -0.2) is 14.4 Å². The normalized spacial score (nSPS) is 12.1. The molecule has 0 saturated carbocycles. The first-order valence-corrected chi connectivity index (χ1v) is 15.4. The van der Waals surface area contributed by atoms with Crippen molar-refractivity contribution in [3.05, 3.63) is 119 Å². The molecule has 6 aromatic carbocycles. The average molecular weight is 667 g/mol.